The molecule has 0 unspecified atom stereocenters. The number of fused-ring (bicyclic) bond motifs is 2. The van der Waals surface area contributed by atoms with Crippen molar-refractivity contribution in [2.75, 3.05) is 0 Å². The first kappa shape index (κ1) is 21.9. The lowest BCUT2D eigenvalue weighted by Crippen LogP contribution is -2.01. The zero-order chi connectivity index (χ0) is 24.3. The molecule has 0 bridgehead atoms. The van der Waals surface area contributed by atoms with Crippen LogP contribution in [0.25, 0.3) is 43.8 Å². The van der Waals surface area contributed by atoms with Crippen LogP contribution in [-0.2, 0) is 0 Å². The van der Waals surface area contributed by atoms with Crippen molar-refractivity contribution >= 4 is 21.5 Å². The van der Waals surface area contributed by atoms with Crippen molar-refractivity contribution in [2.45, 2.75) is 0 Å². The molecule has 170 valence electrons. The van der Waals surface area contributed by atoms with Crippen LogP contribution in [0.2, 0.25) is 0 Å². The van der Waals surface area contributed by atoms with Crippen molar-refractivity contribution in [2.24, 2.45) is 0 Å². The average Bonchev–Trinajstić information content (AvgIpc) is 2.80. The first-order chi connectivity index (χ1) is 16.2. The Balaban J connectivity index is 2.05. The predicted octanol–water partition coefficient (Wildman–Crippen LogP) is 8.44. The zero-order valence-electron chi connectivity index (χ0n) is 16.8. The maximum atomic E-state index is 14.8. The van der Waals surface area contributed by atoms with E-state index in [4.69, 9.17) is 0 Å². The highest BCUT2D eigenvalue weighted by atomic mass is 19.2. The van der Waals surface area contributed by atoms with Gasteiger partial charge in [0, 0.05) is 11.6 Å². The molecule has 0 aromatic heterocycles. The van der Waals surface area contributed by atoms with Crippen molar-refractivity contribution in [1.29, 1.82) is 0 Å². The molecule has 0 radical (unpaired) electrons. The second kappa shape index (κ2) is 7.83. The van der Waals surface area contributed by atoms with Gasteiger partial charge in [0.25, 0.3) is 0 Å². The van der Waals surface area contributed by atoms with E-state index in [1.807, 2.05) is 0 Å². The van der Waals surface area contributed by atoms with Crippen molar-refractivity contribution in [3.05, 3.63) is 107 Å². The lowest BCUT2D eigenvalue weighted by Gasteiger charge is -2.19. The highest BCUT2D eigenvalue weighted by molar-refractivity contribution is 6.21. The summed E-state index contributed by atoms with van der Waals surface area (Å²) in [5.74, 6) is -12.2. The second-order valence-electron chi connectivity index (χ2n) is 7.58. The molecule has 0 amide bonds. The first-order valence-electron chi connectivity index (χ1n) is 9.81. The van der Waals surface area contributed by atoms with Gasteiger partial charge < -0.3 is 0 Å². The zero-order valence-corrected chi connectivity index (χ0v) is 16.8. The van der Waals surface area contributed by atoms with Crippen LogP contribution in [0.3, 0.4) is 0 Å². The third-order valence-electron chi connectivity index (χ3n) is 5.62. The second-order valence-corrected chi connectivity index (χ2v) is 7.58. The van der Waals surface area contributed by atoms with E-state index in [-0.39, 0.29) is 44.3 Å². The molecule has 0 spiro atoms. The van der Waals surface area contributed by atoms with Crippen LogP contribution in [-0.4, -0.2) is 0 Å². The minimum Gasteiger partial charge on any atom is -0.207 e. The van der Waals surface area contributed by atoms with Crippen LogP contribution < -0.4 is 0 Å². The molecule has 0 aliphatic carbocycles. The van der Waals surface area contributed by atoms with Gasteiger partial charge in [0.05, 0.1) is 5.56 Å². The summed E-state index contributed by atoms with van der Waals surface area (Å²) in [6.45, 7) is 0. The largest absolute Gasteiger partial charge is 0.207 e. The summed E-state index contributed by atoms with van der Waals surface area (Å²) in [6.07, 6.45) is 0. The van der Waals surface area contributed by atoms with E-state index >= 15 is 0 Å². The van der Waals surface area contributed by atoms with Crippen LogP contribution in [0.4, 0.5) is 35.1 Å². The smallest absolute Gasteiger partial charge is 0.194 e. The van der Waals surface area contributed by atoms with E-state index < -0.39 is 52.1 Å². The molecule has 0 aliphatic rings. The van der Waals surface area contributed by atoms with Gasteiger partial charge in [-0.15, -0.1) is 0 Å². The Bertz CT molecular complexity index is 1590. The van der Waals surface area contributed by atoms with E-state index in [1.54, 1.807) is 0 Å². The predicted molar refractivity (Wildman–Crippen MR) is 112 cm³/mol. The van der Waals surface area contributed by atoms with Crippen molar-refractivity contribution in [3.8, 4) is 22.3 Å². The van der Waals surface area contributed by atoms with E-state index in [9.17, 15) is 35.1 Å². The van der Waals surface area contributed by atoms with Crippen LogP contribution in [0.15, 0.2) is 60.7 Å². The monoisotopic (exact) mass is 474 g/mol. The van der Waals surface area contributed by atoms with Gasteiger partial charge in [-0.2, -0.15) is 0 Å². The van der Waals surface area contributed by atoms with Gasteiger partial charge in [0.1, 0.15) is 5.82 Å². The molecule has 5 aromatic carbocycles. The molecule has 0 saturated carbocycles. The fraction of sp³-hybridized carbons (Fsp3) is 0. The molecule has 5 rings (SSSR count). The van der Waals surface area contributed by atoms with Crippen molar-refractivity contribution in [1.82, 2.24) is 0 Å². The number of halogens is 8. The number of rotatable bonds is 2. The van der Waals surface area contributed by atoms with Gasteiger partial charge in [-0.05, 0) is 56.9 Å². The van der Waals surface area contributed by atoms with Gasteiger partial charge in [-0.3, -0.25) is 0 Å². The Kier molecular flexibility index (Phi) is 5.04. The summed E-state index contributed by atoms with van der Waals surface area (Å²) < 4.78 is 114. The van der Waals surface area contributed by atoms with Gasteiger partial charge in [-0.25, -0.2) is 35.1 Å². The molecule has 0 saturated heterocycles. The van der Waals surface area contributed by atoms with Crippen LogP contribution in [0.1, 0.15) is 0 Å². The lowest BCUT2D eigenvalue weighted by molar-refractivity contribution is 0.448. The number of hydrogen-bond donors (Lipinski definition) is 0. The van der Waals surface area contributed by atoms with Crippen LogP contribution >= 0.6 is 0 Å². The summed E-state index contributed by atoms with van der Waals surface area (Å²) in [5, 5.41) is 0.0691. The Labute approximate surface area is 186 Å². The third-order valence-corrected chi connectivity index (χ3v) is 5.62. The molecule has 8 heteroatoms. The van der Waals surface area contributed by atoms with E-state index in [0.29, 0.717) is 0 Å². The summed E-state index contributed by atoms with van der Waals surface area (Å²) >= 11 is 0. The molecule has 0 N–H and O–H groups in total. The van der Waals surface area contributed by atoms with Gasteiger partial charge >= 0.3 is 0 Å². The van der Waals surface area contributed by atoms with Crippen LogP contribution in [0.5, 0.6) is 0 Å². The molecule has 34 heavy (non-hydrogen) atoms. The van der Waals surface area contributed by atoms with E-state index in [2.05, 4.69) is 0 Å². The van der Waals surface area contributed by atoms with Gasteiger partial charge in [0.2, 0.25) is 0 Å². The summed E-state index contributed by atoms with van der Waals surface area (Å²) in [7, 11) is 0. The minimum absolute atomic E-state index is 0.0172. The molecule has 0 atom stereocenters. The van der Waals surface area contributed by atoms with E-state index in [1.165, 1.54) is 30.3 Å². The SMILES string of the molecule is Fc1ccc2c(-c3cc(F)c(F)c(F)c3)c3ccccc3c(-c3c(F)c(F)cc(F)c3F)c2c1. The Hall–Kier alpha value is -3.94. The quantitative estimate of drug-likeness (QED) is 0.104. The summed E-state index contributed by atoms with van der Waals surface area (Å²) in [4.78, 5) is 0. The molecule has 0 aliphatic heterocycles. The summed E-state index contributed by atoms with van der Waals surface area (Å²) in [6, 6.07) is 10.4. The highest BCUT2D eigenvalue weighted by Crippen LogP contribution is 2.46. The molecule has 5 aromatic rings. The maximum absolute atomic E-state index is 14.8. The highest BCUT2D eigenvalue weighted by Gasteiger charge is 2.26. The van der Waals surface area contributed by atoms with Crippen LogP contribution in [0, 0.1) is 46.5 Å². The molecular weight excluding hydrogens is 464 g/mol. The van der Waals surface area contributed by atoms with Gasteiger partial charge in [-0.1, -0.05) is 30.3 Å². The Morgan fingerprint density at radius 2 is 0.882 bits per heavy atom. The fourth-order valence-electron chi connectivity index (χ4n) is 4.22. The lowest BCUT2D eigenvalue weighted by atomic mass is 9.85. The fourth-order valence-corrected chi connectivity index (χ4v) is 4.22. The summed E-state index contributed by atoms with van der Waals surface area (Å²) in [5.41, 5.74) is -1.45. The third kappa shape index (κ3) is 3.21. The Morgan fingerprint density at radius 1 is 0.382 bits per heavy atom. The number of hydrogen-bond acceptors (Lipinski definition) is 0. The Morgan fingerprint density at radius 3 is 1.47 bits per heavy atom. The topological polar surface area (TPSA) is 0 Å². The van der Waals surface area contributed by atoms with E-state index in [0.717, 1.165) is 24.3 Å². The minimum atomic E-state index is -1.69. The molecule has 0 fully saturated rings. The first-order valence-corrected chi connectivity index (χ1v) is 9.81. The van der Waals surface area contributed by atoms with Gasteiger partial charge in [0.15, 0.2) is 40.7 Å². The standard InChI is InChI=1S/C26H10F8/c27-12-5-6-15-16(9-12)22(23-25(33)19(30)10-20(31)26(23)34)14-4-2-1-3-13(14)21(15)11-7-17(28)24(32)18(29)8-11/h1-10H. The molecule has 0 nitrogen and oxygen atoms in total. The number of benzene rings is 5. The average molecular weight is 474 g/mol. The normalized spacial score (nSPS) is 11.5. The van der Waals surface area contributed by atoms with Crippen molar-refractivity contribution < 1.29 is 35.1 Å². The van der Waals surface area contributed by atoms with Crippen molar-refractivity contribution in [3.63, 3.8) is 0 Å². The molecular formula is C26H10F8. The maximum Gasteiger partial charge on any atom is 0.194 e. The molecule has 0 heterocycles.